The van der Waals surface area contributed by atoms with Gasteiger partial charge in [0.05, 0.1) is 16.5 Å². The summed E-state index contributed by atoms with van der Waals surface area (Å²) >= 11 is 0. The molecule has 3 rings (SSSR count). The van der Waals surface area contributed by atoms with Crippen molar-refractivity contribution < 1.29 is 9.53 Å². The summed E-state index contributed by atoms with van der Waals surface area (Å²) in [6.07, 6.45) is -0.669. The average molecular weight is 365 g/mol. The molecule has 0 spiro atoms. The van der Waals surface area contributed by atoms with Crippen LogP contribution in [0, 0.1) is 0 Å². The van der Waals surface area contributed by atoms with Gasteiger partial charge in [0.25, 0.3) is 5.56 Å². The van der Waals surface area contributed by atoms with Crippen LogP contribution in [0.2, 0.25) is 0 Å². The summed E-state index contributed by atoms with van der Waals surface area (Å²) in [5.74, 6) is -0.129. The van der Waals surface area contributed by atoms with E-state index in [1.807, 2.05) is 18.2 Å². The van der Waals surface area contributed by atoms with Crippen LogP contribution in [-0.4, -0.2) is 29.0 Å². The Morgan fingerprint density at radius 1 is 1.11 bits per heavy atom. The Labute approximate surface area is 157 Å². The molecule has 0 aliphatic heterocycles. The van der Waals surface area contributed by atoms with Gasteiger partial charge in [0.1, 0.15) is 0 Å². The van der Waals surface area contributed by atoms with Crippen LogP contribution >= 0.6 is 0 Å². The fourth-order valence-corrected chi connectivity index (χ4v) is 2.98. The summed E-state index contributed by atoms with van der Waals surface area (Å²) in [6, 6.07) is 14.4. The van der Waals surface area contributed by atoms with Gasteiger partial charge in [-0.1, -0.05) is 12.1 Å². The van der Waals surface area contributed by atoms with Crippen LogP contribution in [0.15, 0.2) is 53.3 Å². The molecule has 6 nitrogen and oxygen atoms in total. The van der Waals surface area contributed by atoms with E-state index < -0.39 is 12.1 Å². The second kappa shape index (κ2) is 8.03. The Hall–Kier alpha value is -3.15. The van der Waals surface area contributed by atoms with Crippen molar-refractivity contribution in [3.05, 3.63) is 70.3 Å². The first-order chi connectivity index (χ1) is 13.0. The van der Waals surface area contributed by atoms with E-state index in [1.165, 1.54) is 0 Å². The predicted octanol–water partition coefficient (Wildman–Crippen LogP) is 3.69. The number of rotatable bonds is 6. The van der Waals surface area contributed by atoms with Gasteiger partial charge < -0.3 is 14.6 Å². The van der Waals surface area contributed by atoms with E-state index in [4.69, 9.17) is 4.74 Å². The maximum absolute atomic E-state index is 12.4. The molecule has 140 valence electrons. The first kappa shape index (κ1) is 18.6. The van der Waals surface area contributed by atoms with Crippen LogP contribution < -0.4 is 10.5 Å². The number of carbonyl (C=O) groups excluding carboxylic acids is 1. The number of nitrogens with one attached hydrogen (secondary N) is 1. The molecule has 0 aliphatic carbocycles. The van der Waals surface area contributed by atoms with Crippen molar-refractivity contribution in [2.45, 2.75) is 26.9 Å². The molecular formula is C21H23N3O3. The summed E-state index contributed by atoms with van der Waals surface area (Å²) in [5.41, 5.74) is 1.84. The minimum atomic E-state index is -0.669. The number of hydrogen-bond donors (Lipinski definition) is 1. The Morgan fingerprint density at radius 3 is 2.44 bits per heavy atom. The number of carbonyl (C=O) groups is 1. The van der Waals surface area contributed by atoms with Crippen LogP contribution in [0.4, 0.5) is 5.69 Å². The topological polar surface area (TPSA) is 75.3 Å². The first-order valence-electron chi connectivity index (χ1n) is 9.08. The molecule has 2 aromatic carbocycles. The van der Waals surface area contributed by atoms with E-state index in [9.17, 15) is 9.59 Å². The molecule has 6 heteroatoms. The van der Waals surface area contributed by atoms with E-state index in [0.29, 0.717) is 22.3 Å². The van der Waals surface area contributed by atoms with Crippen LogP contribution in [0.1, 0.15) is 43.1 Å². The minimum absolute atomic E-state index is 0.248. The number of esters is 1. The molecule has 1 atom stereocenters. The Balaban J connectivity index is 1.77. The van der Waals surface area contributed by atoms with E-state index in [2.05, 4.69) is 28.7 Å². The molecule has 0 aliphatic rings. The zero-order valence-electron chi connectivity index (χ0n) is 15.7. The van der Waals surface area contributed by atoms with Crippen molar-refractivity contribution in [1.82, 2.24) is 9.97 Å². The zero-order valence-corrected chi connectivity index (χ0v) is 15.7. The molecule has 0 unspecified atom stereocenters. The molecule has 0 bridgehead atoms. The van der Waals surface area contributed by atoms with Gasteiger partial charge in [-0.15, -0.1) is 0 Å². The number of nitrogens with zero attached hydrogens (tertiary/aromatic N) is 2. The Bertz CT molecular complexity index is 991. The monoisotopic (exact) mass is 365 g/mol. The molecule has 0 fully saturated rings. The SMILES string of the molecule is CCN(CC)c1ccc(C(=O)O[C@H](C)c2nc3ccccc3c(=O)[nH]2)cc1. The van der Waals surface area contributed by atoms with Crippen LogP contribution in [0.5, 0.6) is 0 Å². The third-order valence-corrected chi connectivity index (χ3v) is 4.53. The highest BCUT2D eigenvalue weighted by molar-refractivity contribution is 5.90. The highest BCUT2D eigenvalue weighted by Crippen LogP contribution is 2.19. The molecule has 1 aromatic heterocycles. The highest BCUT2D eigenvalue weighted by atomic mass is 16.5. The summed E-state index contributed by atoms with van der Waals surface area (Å²) in [5, 5.41) is 0.506. The number of aromatic amines is 1. The van der Waals surface area contributed by atoms with Gasteiger partial charge in [-0.3, -0.25) is 4.79 Å². The number of para-hydroxylation sites is 1. The minimum Gasteiger partial charge on any atom is -0.451 e. The summed E-state index contributed by atoms with van der Waals surface area (Å²) in [6.45, 7) is 7.67. The van der Waals surface area contributed by atoms with Crippen LogP contribution in [0.3, 0.4) is 0 Å². The van der Waals surface area contributed by atoms with E-state index in [-0.39, 0.29) is 5.56 Å². The largest absolute Gasteiger partial charge is 0.451 e. The molecule has 0 radical (unpaired) electrons. The normalized spacial score (nSPS) is 12.0. The standard InChI is InChI=1S/C21H23N3O3/c1-4-24(5-2)16-12-10-15(11-13-16)21(26)27-14(3)19-22-18-9-7-6-8-17(18)20(25)23-19/h6-14H,4-5H2,1-3H3,(H,22,23,25)/t14-/m1/s1. The van der Waals surface area contributed by atoms with Crippen LogP contribution in [-0.2, 0) is 4.74 Å². The smallest absolute Gasteiger partial charge is 0.338 e. The number of hydrogen-bond acceptors (Lipinski definition) is 5. The summed E-state index contributed by atoms with van der Waals surface area (Å²) < 4.78 is 5.49. The number of anilines is 1. The average Bonchev–Trinajstić information content (AvgIpc) is 2.69. The molecule has 3 aromatic rings. The zero-order chi connectivity index (χ0) is 19.4. The number of fused-ring (bicyclic) bond motifs is 1. The lowest BCUT2D eigenvalue weighted by atomic mass is 10.2. The third-order valence-electron chi connectivity index (χ3n) is 4.53. The van der Waals surface area contributed by atoms with Gasteiger partial charge in [-0.25, -0.2) is 9.78 Å². The van der Waals surface area contributed by atoms with Gasteiger partial charge >= 0.3 is 5.97 Å². The van der Waals surface area contributed by atoms with E-state index in [1.54, 1.807) is 37.3 Å². The first-order valence-corrected chi connectivity index (χ1v) is 9.08. The highest BCUT2D eigenvalue weighted by Gasteiger charge is 2.17. The van der Waals surface area contributed by atoms with Crippen LogP contribution in [0.25, 0.3) is 10.9 Å². The Morgan fingerprint density at radius 2 is 1.78 bits per heavy atom. The molecule has 1 N–H and O–H groups in total. The number of aromatic nitrogens is 2. The lowest BCUT2D eigenvalue weighted by Crippen LogP contribution is -2.21. The van der Waals surface area contributed by atoms with Crippen molar-refractivity contribution >= 4 is 22.6 Å². The lowest BCUT2D eigenvalue weighted by Gasteiger charge is -2.21. The second-order valence-corrected chi connectivity index (χ2v) is 6.24. The number of H-pyrrole nitrogens is 1. The van der Waals surface area contributed by atoms with Gasteiger partial charge in [0, 0.05) is 18.8 Å². The molecular weight excluding hydrogens is 342 g/mol. The summed E-state index contributed by atoms with van der Waals surface area (Å²) in [4.78, 5) is 33.9. The maximum atomic E-state index is 12.4. The fraction of sp³-hybridized carbons (Fsp3) is 0.286. The maximum Gasteiger partial charge on any atom is 0.338 e. The fourth-order valence-electron chi connectivity index (χ4n) is 2.98. The molecule has 0 amide bonds. The van der Waals surface area contributed by atoms with Gasteiger partial charge in [0.2, 0.25) is 0 Å². The van der Waals surface area contributed by atoms with E-state index in [0.717, 1.165) is 18.8 Å². The van der Waals surface area contributed by atoms with Crippen molar-refractivity contribution in [3.8, 4) is 0 Å². The lowest BCUT2D eigenvalue weighted by molar-refractivity contribution is 0.0320. The molecule has 0 saturated carbocycles. The quantitative estimate of drug-likeness (QED) is 0.674. The number of benzene rings is 2. The van der Waals surface area contributed by atoms with Crippen molar-refractivity contribution in [3.63, 3.8) is 0 Å². The number of ether oxygens (including phenoxy) is 1. The molecule has 0 saturated heterocycles. The van der Waals surface area contributed by atoms with Crippen molar-refractivity contribution in [2.24, 2.45) is 0 Å². The van der Waals surface area contributed by atoms with Crippen molar-refractivity contribution in [1.29, 1.82) is 0 Å². The predicted molar refractivity (Wildman–Crippen MR) is 106 cm³/mol. The van der Waals surface area contributed by atoms with E-state index >= 15 is 0 Å². The Kier molecular flexibility index (Phi) is 5.54. The summed E-state index contributed by atoms with van der Waals surface area (Å²) in [7, 11) is 0. The molecule has 1 heterocycles. The van der Waals surface area contributed by atoms with Gasteiger partial charge in [0.15, 0.2) is 11.9 Å². The van der Waals surface area contributed by atoms with Gasteiger partial charge in [-0.2, -0.15) is 0 Å². The third kappa shape index (κ3) is 4.00. The van der Waals surface area contributed by atoms with Crippen molar-refractivity contribution in [2.75, 3.05) is 18.0 Å². The second-order valence-electron chi connectivity index (χ2n) is 6.24. The molecule has 27 heavy (non-hydrogen) atoms. The van der Waals surface area contributed by atoms with Gasteiger partial charge in [-0.05, 0) is 57.2 Å².